The summed E-state index contributed by atoms with van der Waals surface area (Å²) >= 11 is 0. The lowest BCUT2D eigenvalue weighted by atomic mass is 9.92. The molecule has 38 heavy (non-hydrogen) atoms. The van der Waals surface area contributed by atoms with E-state index in [1.165, 1.54) is 0 Å². The highest BCUT2D eigenvalue weighted by Crippen LogP contribution is 2.39. The van der Waals surface area contributed by atoms with Crippen molar-refractivity contribution in [3.05, 3.63) is 77.4 Å². The first kappa shape index (κ1) is 26.7. The minimum absolute atomic E-state index is 0.131. The maximum atomic E-state index is 13.5. The van der Waals surface area contributed by atoms with Crippen LogP contribution in [0.5, 0.6) is 34.5 Å². The zero-order valence-corrected chi connectivity index (χ0v) is 22.4. The van der Waals surface area contributed by atoms with Crippen molar-refractivity contribution in [2.75, 3.05) is 48.7 Å². The number of rotatable bonds is 10. The van der Waals surface area contributed by atoms with Gasteiger partial charge in [0.15, 0.2) is 34.5 Å². The number of ether oxygens (including phenoxy) is 6. The van der Waals surface area contributed by atoms with E-state index in [2.05, 4.69) is 0 Å². The number of carbonyl (C=O) groups excluding carboxylic acids is 1. The Hall–Kier alpha value is -4.33. The Kier molecular flexibility index (Phi) is 8.63. The summed E-state index contributed by atoms with van der Waals surface area (Å²) in [5.74, 6) is 3.58. The topological polar surface area (TPSA) is 75.7 Å². The standard InChI is InChI=1S/C30H33NO7/c1-33-24-8-6-7-9-26(24)38-19-23-22-18-29(37-5)28(36-4)17-21(22)14-15-31(23)30(32)13-11-20-10-12-25(34-2)27(16-20)35-3/h6-13,16-18,23H,14-15,19H2,1-5H3. The number of carbonyl (C=O) groups is 1. The summed E-state index contributed by atoms with van der Waals surface area (Å²) in [6, 6.07) is 16.5. The van der Waals surface area contributed by atoms with Gasteiger partial charge in [0.2, 0.25) is 5.91 Å². The summed E-state index contributed by atoms with van der Waals surface area (Å²) in [6.45, 7) is 0.760. The monoisotopic (exact) mass is 519 g/mol. The molecule has 0 aliphatic carbocycles. The Morgan fingerprint density at radius 2 is 1.39 bits per heavy atom. The number of nitrogens with zero attached hydrogens (tertiary/aromatic N) is 1. The molecule has 0 N–H and O–H groups in total. The first-order valence-electron chi connectivity index (χ1n) is 12.2. The van der Waals surface area contributed by atoms with E-state index < -0.39 is 0 Å². The summed E-state index contributed by atoms with van der Waals surface area (Å²) in [6.07, 6.45) is 4.02. The molecule has 8 nitrogen and oxygen atoms in total. The fourth-order valence-electron chi connectivity index (χ4n) is 4.60. The number of hydrogen-bond donors (Lipinski definition) is 0. The van der Waals surface area contributed by atoms with E-state index in [0.717, 1.165) is 16.7 Å². The van der Waals surface area contributed by atoms with Gasteiger partial charge in [-0.2, -0.15) is 0 Å². The lowest BCUT2D eigenvalue weighted by Gasteiger charge is -2.37. The third-order valence-corrected chi connectivity index (χ3v) is 6.58. The van der Waals surface area contributed by atoms with Gasteiger partial charge in [-0.1, -0.05) is 18.2 Å². The maximum Gasteiger partial charge on any atom is 0.247 e. The van der Waals surface area contributed by atoms with Crippen molar-refractivity contribution in [2.45, 2.75) is 12.5 Å². The normalized spacial score (nSPS) is 14.6. The van der Waals surface area contributed by atoms with Crippen molar-refractivity contribution < 1.29 is 33.2 Å². The van der Waals surface area contributed by atoms with Gasteiger partial charge in [0.05, 0.1) is 41.6 Å². The molecule has 0 fully saturated rings. The second-order valence-electron chi connectivity index (χ2n) is 8.61. The van der Waals surface area contributed by atoms with E-state index in [1.54, 1.807) is 47.7 Å². The molecule has 1 atom stereocenters. The van der Waals surface area contributed by atoms with Crippen molar-refractivity contribution >= 4 is 12.0 Å². The SMILES string of the molecule is COc1ccc(C=CC(=O)N2CCc3cc(OC)c(OC)cc3C2COc2ccccc2OC)cc1OC. The van der Waals surface area contributed by atoms with Crippen LogP contribution in [0, 0.1) is 0 Å². The Morgan fingerprint density at radius 3 is 2.08 bits per heavy atom. The van der Waals surface area contributed by atoms with Gasteiger partial charge >= 0.3 is 0 Å². The Balaban J connectivity index is 1.65. The average molecular weight is 520 g/mol. The van der Waals surface area contributed by atoms with E-state index >= 15 is 0 Å². The average Bonchev–Trinajstić information content (AvgIpc) is 2.97. The van der Waals surface area contributed by atoms with Crippen molar-refractivity contribution in [2.24, 2.45) is 0 Å². The van der Waals surface area contributed by atoms with E-state index in [1.807, 2.05) is 59.5 Å². The molecule has 0 saturated carbocycles. The first-order chi connectivity index (χ1) is 18.5. The molecular formula is C30H33NO7. The molecule has 0 bridgehead atoms. The minimum Gasteiger partial charge on any atom is -0.493 e. The van der Waals surface area contributed by atoms with Gasteiger partial charge in [-0.05, 0) is 65.6 Å². The van der Waals surface area contributed by atoms with E-state index in [-0.39, 0.29) is 18.6 Å². The molecular weight excluding hydrogens is 486 g/mol. The molecule has 1 unspecified atom stereocenters. The van der Waals surface area contributed by atoms with Crippen LogP contribution in [0.3, 0.4) is 0 Å². The maximum absolute atomic E-state index is 13.5. The van der Waals surface area contributed by atoms with Gasteiger partial charge in [-0.25, -0.2) is 0 Å². The van der Waals surface area contributed by atoms with Crippen molar-refractivity contribution in [1.29, 1.82) is 0 Å². The van der Waals surface area contributed by atoms with Crippen LogP contribution in [0.25, 0.3) is 6.08 Å². The number of amides is 1. The molecule has 0 spiro atoms. The van der Waals surface area contributed by atoms with Gasteiger partial charge in [-0.3, -0.25) is 4.79 Å². The number of fused-ring (bicyclic) bond motifs is 1. The van der Waals surface area contributed by atoms with Crippen LogP contribution in [0.15, 0.2) is 60.7 Å². The van der Waals surface area contributed by atoms with Crippen molar-refractivity contribution in [3.8, 4) is 34.5 Å². The zero-order valence-electron chi connectivity index (χ0n) is 22.4. The second kappa shape index (κ2) is 12.3. The van der Waals surface area contributed by atoms with Gasteiger partial charge in [0.25, 0.3) is 0 Å². The summed E-state index contributed by atoms with van der Waals surface area (Å²) < 4.78 is 33.4. The van der Waals surface area contributed by atoms with E-state index in [4.69, 9.17) is 28.4 Å². The third kappa shape index (κ3) is 5.64. The number of methoxy groups -OCH3 is 5. The van der Waals surface area contributed by atoms with E-state index in [0.29, 0.717) is 47.5 Å². The quantitative estimate of drug-likeness (QED) is 0.351. The van der Waals surface area contributed by atoms with Gasteiger partial charge < -0.3 is 33.3 Å². The van der Waals surface area contributed by atoms with E-state index in [9.17, 15) is 4.79 Å². The zero-order chi connectivity index (χ0) is 27.1. The molecule has 3 aromatic rings. The predicted molar refractivity (Wildman–Crippen MR) is 145 cm³/mol. The fourth-order valence-corrected chi connectivity index (χ4v) is 4.60. The molecule has 0 aromatic heterocycles. The Bertz CT molecular complexity index is 1300. The number of benzene rings is 3. The van der Waals surface area contributed by atoms with Gasteiger partial charge in [0, 0.05) is 12.6 Å². The third-order valence-electron chi connectivity index (χ3n) is 6.58. The smallest absolute Gasteiger partial charge is 0.247 e. The van der Waals surface area contributed by atoms with Crippen LogP contribution in [-0.4, -0.2) is 59.5 Å². The Labute approximate surface area is 223 Å². The highest BCUT2D eigenvalue weighted by atomic mass is 16.5. The molecule has 0 saturated heterocycles. The molecule has 3 aromatic carbocycles. The van der Waals surface area contributed by atoms with Crippen LogP contribution >= 0.6 is 0 Å². The highest BCUT2D eigenvalue weighted by molar-refractivity contribution is 5.92. The van der Waals surface area contributed by atoms with Crippen LogP contribution < -0.4 is 28.4 Å². The molecule has 8 heteroatoms. The molecule has 1 aliphatic rings. The Morgan fingerprint density at radius 1 is 0.789 bits per heavy atom. The minimum atomic E-state index is -0.356. The lowest BCUT2D eigenvalue weighted by Crippen LogP contribution is -2.41. The van der Waals surface area contributed by atoms with Crippen LogP contribution in [-0.2, 0) is 11.2 Å². The van der Waals surface area contributed by atoms with Crippen LogP contribution in [0.1, 0.15) is 22.7 Å². The largest absolute Gasteiger partial charge is 0.493 e. The summed E-state index contributed by atoms with van der Waals surface area (Å²) in [4.78, 5) is 15.3. The molecule has 200 valence electrons. The predicted octanol–water partition coefficient (Wildman–Crippen LogP) is 4.95. The first-order valence-corrected chi connectivity index (χ1v) is 12.2. The number of hydrogen-bond acceptors (Lipinski definition) is 7. The van der Waals surface area contributed by atoms with Gasteiger partial charge in [0.1, 0.15) is 6.61 Å². The van der Waals surface area contributed by atoms with Crippen molar-refractivity contribution in [3.63, 3.8) is 0 Å². The molecule has 1 aliphatic heterocycles. The second-order valence-corrected chi connectivity index (χ2v) is 8.61. The highest BCUT2D eigenvalue weighted by Gasteiger charge is 2.32. The summed E-state index contributed by atoms with van der Waals surface area (Å²) in [5.41, 5.74) is 2.86. The molecule has 0 radical (unpaired) electrons. The summed E-state index contributed by atoms with van der Waals surface area (Å²) in [7, 11) is 7.98. The molecule has 4 rings (SSSR count). The lowest BCUT2D eigenvalue weighted by molar-refractivity contribution is -0.129. The van der Waals surface area contributed by atoms with Gasteiger partial charge in [-0.15, -0.1) is 0 Å². The van der Waals surface area contributed by atoms with Crippen molar-refractivity contribution in [1.82, 2.24) is 4.90 Å². The summed E-state index contributed by atoms with van der Waals surface area (Å²) in [5, 5.41) is 0. The molecule has 1 heterocycles. The number of para-hydroxylation sites is 2. The van der Waals surface area contributed by atoms with Crippen LogP contribution in [0.2, 0.25) is 0 Å². The molecule has 1 amide bonds. The fraction of sp³-hybridized carbons (Fsp3) is 0.300. The van der Waals surface area contributed by atoms with Crippen LogP contribution in [0.4, 0.5) is 0 Å².